The lowest BCUT2D eigenvalue weighted by atomic mass is 9.97. The molecule has 0 bridgehead atoms. The second-order valence-electron chi connectivity index (χ2n) is 3.29. The predicted molar refractivity (Wildman–Crippen MR) is 50.6 cm³/mol. The first-order chi connectivity index (χ1) is 6.84. The topological polar surface area (TPSA) is 63.3 Å². The van der Waals surface area contributed by atoms with Gasteiger partial charge in [0.05, 0.1) is 0 Å². The third-order valence-corrected chi connectivity index (χ3v) is 2.03. The number of carboxylic acid groups (broad SMARTS) is 1. The number of rotatable bonds is 3. The van der Waals surface area contributed by atoms with Gasteiger partial charge in [-0.3, -0.25) is 4.79 Å². The largest absolute Gasteiger partial charge is 0.480 e. The van der Waals surface area contributed by atoms with Crippen molar-refractivity contribution in [1.82, 2.24) is 0 Å². The molecule has 1 unspecified atom stereocenters. The van der Waals surface area contributed by atoms with Crippen LogP contribution < -0.4 is 5.73 Å². The van der Waals surface area contributed by atoms with Crippen LogP contribution in [0.2, 0.25) is 0 Å². The molecule has 5 heteroatoms. The Balaban J connectivity index is 3.24. The number of carbonyl (C=O) groups is 1. The lowest BCUT2D eigenvalue weighted by Gasteiger charge is -2.17. The fourth-order valence-corrected chi connectivity index (χ4v) is 1.30. The zero-order chi connectivity index (χ0) is 11.6. The molecule has 0 aliphatic rings. The summed E-state index contributed by atoms with van der Waals surface area (Å²) in [6.07, 6.45) is 0. The first kappa shape index (κ1) is 11.6. The molecule has 1 rings (SSSR count). The standard InChI is InChI=1S/C10H11F2NO2/c1-10(11,12)7-5-3-2-4-6(7)8(13)9(14)15/h2-5,8H,13H2,1H3,(H,14,15). The van der Waals surface area contributed by atoms with Gasteiger partial charge in [0.2, 0.25) is 0 Å². The van der Waals surface area contributed by atoms with Crippen molar-refractivity contribution in [2.75, 3.05) is 0 Å². The lowest BCUT2D eigenvalue weighted by molar-refractivity contribution is -0.138. The molecule has 1 aromatic rings. The van der Waals surface area contributed by atoms with E-state index in [9.17, 15) is 13.6 Å². The highest BCUT2D eigenvalue weighted by Gasteiger charge is 2.30. The van der Waals surface area contributed by atoms with Crippen molar-refractivity contribution >= 4 is 5.97 Å². The van der Waals surface area contributed by atoms with E-state index in [2.05, 4.69) is 0 Å². The van der Waals surface area contributed by atoms with E-state index >= 15 is 0 Å². The number of hydrogen-bond acceptors (Lipinski definition) is 2. The molecule has 0 heterocycles. The molecule has 0 saturated carbocycles. The number of benzene rings is 1. The van der Waals surface area contributed by atoms with Crippen LogP contribution in [0.3, 0.4) is 0 Å². The maximum Gasteiger partial charge on any atom is 0.325 e. The minimum absolute atomic E-state index is 0.0579. The van der Waals surface area contributed by atoms with Crippen molar-refractivity contribution in [3.63, 3.8) is 0 Å². The van der Waals surface area contributed by atoms with Gasteiger partial charge in [-0.15, -0.1) is 0 Å². The summed E-state index contributed by atoms with van der Waals surface area (Å²) in [5.41, 5.74) is 4.90. The highest BCUT2D eigenvalue weighted by atomic mass is 19.3. The second kappa shape index (κ2) is 3.94. The molecule has 0 radical (unpaired) electrons. The van der Waals surface area contributed by atoms with Crippen molar-refractivity contribution in [2.45, 2.75) is 18.9 Å². The molecule has 15 heavy (non-hydrogen) atoms. The van der Waals surface area contributed by atoms with Crippen LogP contribution in [0.5, 0.6) is 0 Å². The van der Waals surface area contributed by atoms with E-state index in [0.29, 0.717) is 6.92 Å². The van der Waals surface area contributed by atoms with E-state index in [4.69, 9.17) is 10.8 Å². The van der Waals surface area contributed by atoms with Crippen LogP contribution in [0.25, 0.3) is 0 Å². The van der Waals surface area contributed by atoms with Gasteiger partial charge in [-0.2, -0.15) is 0 Å². The van der Waals surface area contributed by atoms with Gasteiger partial charge in [0.15, 0.2) is 0 Å². The SMILES string of the molecule is CC(F)(F)c1ccccc1C(N)C(=O)O. The van der Waals surface area contributed by atoms with Crippen LogP contribution >= 0.6 is 0 Å². The van der Waals surface area contributed by atoms with Crippen LogP contribution in [0.15, 0.2) is 24.3 Å². The van der Waals surface area contributed by atoms with Crippen LogP contribution in [0, 0.1) is 0 Å². The first-order valence-electron chi connectivity index (χ1n) is 4.29. The quantitative estimate of drug-likeness (QED) is 0.809. The van der Waals surface area contributed by atoms with Gasteiger partial charge < -0.3 is 10.8 Å². The number of aliphatic carboxylic acids is 1. The normalized spacial score (nSPS) is 13.6. The van der Waals surface area contributed by atoms with Gasteiger partial charge in [-0.25, -0.2) is 8.78 Å². The summed E-state index contributed by atoms with van der Waals surface area (Å²) in [5.74, 6) is -4.42. The smallest absolute Gasteiger partial charge is 0.325 e. The van der Waals surface area contributed by atoms with Gasteiger partial charge in [0, 0.05) is 12.5 Å². The number of alkyl halides is 2. The van der Waals surface area contributed by atoms with Gasteiger partial charge >= 0.3 is 5.97 Å². The molecule has 1 atom stereocenters. The fourth-order valence-electron chi connectivity index (χ4n) is 1.30. The van der Waals surface area contributed by atoms with Crippen molar-refractivity contribution in [3.05, 3.63) is 35.4 Å². The maximum atomic E-state index is 13.1. The minimum Gasteiger partial charge on any atom is -0.480 e. The average Bonchev–Trinajstić information content (AvgIpc) is 2.15. The summed E-state index contributed by atoms with van der Waals surface area (Å²) in [4.78, 5) is 10.6. The van der Waals surface area contributed by atoms with Crippen LogP contribution in [-0.2, 0) is 10.7 Å². The van der Waals surface area contributed by atoms with Gasteiger partial charge in [0.1, 0.15) is 6.04 Å². The molecule has 0 aliphatic heterocycles. The molecule has 0 aliphatic carbocycles. The molecular formula is C10H11F2NO2. The molecule has 0 aromatic heterocycles. The molecular weight excluding hydrogens is 204 g/mol. The van der Waals surface area contributed by atoms with E-state index in [1.54, 1.807) is 0 Å². The number of hydrogen-bond donors (Lipinski definition) is 2. The highest BCUT2D eigenvalue weighted by molar-refractivity contribution is 5.75. The van der Waals surface area contributed by atoms with Crippen molar-refractivity contribution in [3.8, 4) is 0 Å². The van der Waals surface area contributed by atoms with Gasteiger partial charge in [-0.05, 0) is 5.56 Å². The average molecular weight is 215 g/mol. The van der Waals surface area contributed by atoms with E-state index in [-0.39, 0.29) is 11.1 Å². The Morgan fingerprint density at radius 3 is 2.47 bits per heavy atom. The Kier molecular flexibility index (Phi) is 3.04. The molecule has 0 saturated heterocycles. The summed E-state index contributed by atoms with van der Waals surface area (Å²) in [6, 6.07) is 3.95. The van der Waals surface area contributed by atoms with E-state index in [0.717, 1.165) is 0 Å². The Morgan fingerprint density at radius 1 is 1.47 bits per heavy atom. The van der Waals surface area contributed by atoms with Crippen LogP contribution in [-0.4, -0.2) is 11.1 Å². The zero-order valence-electron chi connectivity index (χ0n) is 8.08. The summed E-state index contributed by atoms with van der Waals surface area (Å²) < 4.78 is 26.2. The molecule has 0 fully saturated rings. The summed E-state index contributed by atoms with van der Waals surface area (Å²) in [5, 5.41) is 8.66. The zero-order valence-corrected chi connectivity index (χ0v) is 8.08. The van der Waals surface area contributed by atoms with Crippen LogP contribution in [0.4, 0.5) is 8.78 Å². The fraction of sp³-hybridized carbons (Fsp3) is 0.300. The number of nitrogens with two attached hydrogens (primary N) is 1. The first-order valence-corrected chi connectivity index (χ1v) is 4.29. The lowest BCUT2D eigenvalue weighted by Crippen LogP contribution is -2.24. The predicted octanol–water partition coefficient (Wildman–Crippen LogP) is 1.88. The summed E-state index contributed by atoms with van der Waals surface area (Å²) in [7, 11) is 0. The van der Waals surface area contributed by atoms with E-state index in [1.165, 1.54) is 24.3 Å². The molecule has 82 valence electrons. The minimum atomic E-state index is -3.09. The van der Waals surface area contributed by atoms with Crippen molar-refractivity contribution < 1.29 is 18.7 Å². The highest BCUT2D eigenvalue weighted by Crippen LogP contribution is 2.32. The van der Waals surface area contributed by atoms with Gasteiger partial charge in [-0.1, -0.05) is 24.3 Å². The van der Waals surface area contributed by atoms with Gasteiger partial charge in [0.25, 0.3) is 5.92 Å². The second-order valence-corrected chi connectivity index (χ2v) is 3.29. The molecule has 3 nitrogen and oxygen atoms in total. The Bertz CT molecular complexity index is 374. The third-order valence-electron chi connectivity index (χ3n) is 2.03. The summed E-state index contributed by atoms with van der Waals surface area (Å²) in [6.45, 7) is 0.709. The maximum absolute atomic E-state index is 13.1. The molecule has 1 aromatic carbocycles. The molecule has 0 amide bonds. The Labute approximate surface area is 85.5 Å². The van der Waals surface area contributed by atoms with Crippen molar-refractivity contribution in [2.24, 2.45) is 5.73 Å². The summed E-state index contributed by atoms with van der Waals surface area (Å²) >= 11 is 0. The monoisotopic (exact) mass is 215 g/mol. The third kappa shape index (κ3) is 2.50. The Morgan fingerprint density at radius 2 is 2.00 bits per heavy atom. The van der Waals surface area contributed by atoms with E-state index in [1.807, 2.05) is 0 Å². The van der Waals surface area contributed by atoms with Crippen molar-refractivity contribution in [1.29, 1.82) is 0 Å². The van der Waals surface area contributed by atoms with E-state index < -0.39 is 17.9 Å². The number of halogens is 2. The Hall–Kier alpha value is -1.49. The molecule has 0 spiro atoms. The number of carboxylic acids is 1. The van der Waals surface area contributed by atoms with Crippen LogP contribution in [0.1, 0.15) is 24.1 Å². The molecule has 3 N–H and O–H groups in total.